The molecule has 0 aliphatic carbocycles. The smallest absolute Gasteiger partial charge is 0.0471 e. The molecule has 0 aromatic carbocycles. The maximum atomic E-state index is 5.06. The second-order valence-corrected chi connectivity index (χ2v) is 10.1. The van der Waals surface area contributed by atoms with E-state index in [4.69, 9.17) is 6.42 Å². The molecule has 7 heavy (non-hydrogen) atoms. The summed E-state index contributed by atoms with van der Waals surface area (Å²) in [7, 11) is -0.598. The molecule has 42 valence electrons. The molecule has 0 unspecified atom stereocenters. The third kappa shape index (κ3) is 6.39. The van der Waals surface area contributed by atoms with E-state index in [1.165, 1.54) is 0 Å². The monoisotopic (exact) mass is 180 g/mol. The van der Waals surface area contributed by atoms with Crippen LogP contribution in [-0.2, 0) is 0 Å². The summed E-state index contributed by atoms with van der Waals surface area (Å²) in [6.07, 6.45) is 9.32. The van der Waals surface area contributed by atoms with E-state index < -0.39 is 8.46 Å². The Morgan fingerprint density at radius 3 is 2.14 bits per heavy atom. The van der Waals surface area contributed by atoms with Gasteiger partial charge in [-0.2, -0.15) is 8.46 Å². The van der Waals surface area contributed by atoms with Crippen LogP contribution in [0, 0.1) is 12.3 Å². The van der Waals surface area contributed by atoms with Gasteiger partial charge in [0.2, 0.25) is 0 Å². The van der Waals surface area contributed by atoms with Crippen molar-refractivity contribution < 1.29 is 0 Å². The van der Waals surface area contributed by atoms with E-state index in [1.54, 1.807) is 0 Å². The van der Waals surface area contributed by atoms with Gasteiger partial charge in [-0.1, -0.05) is 5.92 Å². The summed E-state index contributed by atoms with van der Waals surface area (Å²) < 4.78 is 0. The van der Waals surface area contributed by atoms with Crippen molar-refractivity contribution in [1.82, 2.24) is 0 Å². The number of hydrogen-bond donors (Lipinski definition) is 0. The largest absolute Gasteiger partial charge is 0.178 e. The summed E-state index contributed by atoms with van der Waals surface area (Å²) >= 11 is 3.48. The molecule has 0 aliphatic heterocycles. The Hall–Kier alpha value is 0.390. The lowest BCUT2D eigenvalue weighted by Crippen LogP contribution is -1.86. The fraction of sp³-hybridized carbons (Fsp3) is 0.600. The Morgan fingerprint density at radius 1 is 1.71 bits per heavy atom. The standard InChI is InChI=1S/C5H9BrS/c1-4-5-7(2,3)6/h1H,5H2,2-3H3. The summed E-state index contributed by atoms with van der Waals surface area (Å²) in [5.41, 5.74) is 0. The number of rotatable bonds is 1. The van der Waals surface area contributed by atoms with Crippen molar-refractivity contribution in [2.45, 2.75) is 0 Å². The zero-order chi connectivity index (χ0) is 5.91. The third-order valence-corrected chi connectivity index (χ3v) is 1.97. The van der Waals surface area contributed by atoms with Crippen LogP contribution in [0.25, 0.3) is 0 Å². The number of terminal acetylenes is 1. The molecule has 0 saturated heterocycles. The van der Waals surface area contributed by atoms with E-state index in [1.807, 2.05) is 0 Å². The predicted molar refractivity (Wildman–Crippen MR) is 42.1 cm³/mol. The predicted octanol–water partition coefficient (Wildman–Crippen LogP) is 1.99. The molecule has 0 amide bonds. The van der Waals surface area contributed by atoms with Gasteiger partial charge in [-0.3, -0.25) is 0 Å². The van der Waals surface area contributed by atoms with Gasteiger partial charge in [0.15, 0.2) is 0 Å². The molecule has 0 saturated carbocycles. The van der Waals surface area contributed by atoms with Gasteiger partial charge in [0.1, 0.15) is 0 Å². The molecule has 0 nitrogen and oxygen atoms in total. The summed E-state index contributed by atoms with van der Waals surface area (Å²) in [4.78, 5) is 0. The van der Waals surface area contributed by atoms with E-state index in [0.29, 0.717) is 0 Å². The minimum Gasteiger partial charge on any atom is -0.178 e. The Balaban J connectivity index is 3.40. The second kappa shape index (κ2) is 2.64. The average molecular weight is 181 g/mol. The molecule has 0 radical (unpaired) electrons. The fourth-order valence-corrected chi connectivity index (χ4v) is 0.991. The van der Waals surface area contributed by atoms with Gasteiger partial charge in [-0.15, -0.1) is 6.42 Å². The number of halogens is 1. The first kappa shape index (κ1) is 7.39. The maximum absolute atomic E-state index is 5.06. The highest BCUT2D eigenvalue weighted by Gasteiger charge is 2.00. The lowest BCUT2D eigenvalue weighted by molar-refractivity contribution is 1.90. The molecule has 0 rings (SSSR count). The van der Waals surface area contributed by atoms with E-state index in [2.05, 4.69) is 33.2 Å². The summed E-state index contributed by atoms with van der Waals surface area (Å²) in [5.74, 6) is 3.47. The molecule has 0 aromatic rings. The summed E-state index contributed by atoms with van der Waals surface area (Å²) in [6.45, 7) is 0. The lowest BCUT2D eigenvalue weighted by atomic mass is 10.8. The van der Waals surface area contributed by atoms with Crippen molar-refractivity contribution in [3.8, 4) is 12.3 Å². The lowest BCUT2D eigenvalue weighted by Gasteiger charge is -2.17. The van der Waals surface area contributed by atoms with Crippen LogP contribution >= 0.6 is 23.3 Å². The quantitative estimate of drug-likeness (QED) is 0.542. The number of hydrogen-bond acceptors (Lipinski definition) is 0. The molecule has 0 bridgehead atoms. The fourth-order valence-electron chi connectivity index (χ4n) is 0.198. The zero-order valence-electron chi connectivity index (χ0n) is 4.57. The van der Waals surface area contributed by atoms with Gasteiger partial charge >= 0.3 is 0 Å². The van der Waals surface area contributed by atoms with Crippen LogP contribution in [0.5, 0.6) is 0 Å². The summed E-state index contributed by atoms with van der Waals surface area (Å²) in [6, 6.07) is 0. The molecular weight excluding hydrogens is 172 g/mol. The van der Waals surface area contributed by atoms with E-state index in [9.17, 15) is 0 Å². The molecule has 0 N–H and O–H groups in total. The molecular formula is C5H9BrS. The molecule has 0 atom stereocenters. The van der Waals surface area contributed by atoms with Gasteiger partial charge in [0.05, 0.1) is 0 Å². The zero-order valence-corrected chi connectivity index (χ0v) is 6.97. The Labute approximate surface area is 54.2 Å². The first-order chi connectivity index (χ1) is 3.06. The average Bonchev–Trinajstić information content (AvgIpc) is 1.30. The van der Waals surface area contributed by atoms with E-state index >= 15 is 0 Å². The van der Waals surface area contributed by atoms with Crippen LogP contribution in [-0.4, -0.2) is 18.3 Å². The van der Waals surface area contributed by atoms with Crippen molar-refractivity contribution in [1.29, 1.82) is 0 Å². The van der Waals surface area contributed by atoms with Crippen molar-refractivity contribution in [2.75, 3.05) is 18.3 Å². The summed E-state index contributed by atoms with van der Waals surface area (Å²) in [5, 5.41) is 0. The van der Waals surface area contributed by atoms with Gasteiger partial charge in [0, 0.05) is 5.75 Å². The van der Waals surface area contributed by atoms with Crippen LogP contribution in [0.3, 0.4) is 0 Å². The molecule has 0 aromatic heterocycles. The highest BCUT2D eigenvalue weighted by Crippen LogP contribution is 2.47. The Kier molecular flexibility index (Phi) is 2.78. The minimum atomic E-state index is -0.598. The topological polar surface area (TPSA) is 0 Å². The second-order valence-electron chi connectivity index (χ2n) is 1.75. The van der Waals surface area contributed by atoms with Crippen molar-refractivity contribution in [3.05, 3.63) is 0 Å². The Bertz CT molecular complexity index is 85.2. The van der Waals surface area contributed by atoms with Gasteiger partial charge in [-0.25, -0.2) is 0 Å². The highest BCUT2D eigenvalue weighted by atomic mass is 79.9. The van der Waals surface area contributed by atoms with Gasteiger partial charge in [0.25, 0.3) is 0 Å². The molecule has 0 fully saturated rings. The van der Waals surface area contributed by atoms with E-state index in [0.717, 1.165) is 5.75 Å². The van der Waals surface area contributed by atoms with Crippen molar-refractivity contribution in [3.63, 3.8) is 0 Å². The molecule has 0 heterocycles. The molecule has 0 spiro atoms. The molecule has 2 heteroatoms. The van der Waals surface area contributed by atoms with Crippen LogP contribution in [0.4, 0.5) is 0 Å². The van der Waals surface area contributed by atoms with Crippen molar-refractivity contribution in [2.24, 2.45) is 0 Å². The first-order valence-corrected chi connectivity index (χ1v) is 6.36. The van der Waals surface area contributed by atoms with Gasteiger partial charge in [-0.05, 0) is 27.3 Å². The normalized spacial score (nSPS) is 12.9. The third-order valence-electron chi connectivity index (χ3n) is 0.427. The van der Waals surface area contributed by atoms with Crippen LogP contribution < -0.4 is 0 Å². The van der Waals surface area contributed by atoms with Crippen LogP contribution in [0.2, 0.25) is 0 Å². The minimum absolute atomic E-state index is 0.598. The molecule has 0 aliphatic rings. The highest BCUT2D eigenvalue weighted by molar-refractivity contribution is 9.58. The SMILES string of the molecule is C#CCS(C)(C)Br. The maximum Gasteiger partial charge on any atom is 0.0471 e. The van der Waals surface area contributed by atoms with Crippen LogP contribution in [0.1, 0.15) is 0 Å². The van der Waals surface area contributed by atoms with Crippen molar-refractivity contribution >= 4 is 23.3 Å². The van der Waals surface area contributed by atoms with Crippen LogP contribution in [0.15, 0.2) is 0 Å². The first-order valence-electron chi connectivity index (χ1n) is 1.90. The van der Waals surface area contributed by atoms with E-state index in [-0.39, 0.29) is 0 Å². The van der Waals surface area contributed by atoms with Gasteiger partial charge < -0.3 is 0 Å². The Morgan fingerprint density at radius 2 is 2.14 bits per heavy atom.